The first-order valence-electron chi connectivity index (χ1n) is 6.23. The normalized spacial score (nSPS) is 18.1. The number of oxime groups is 1. The van der Waals surface area contributed by atoms with Gasteiger partial charge in [-0.1, -0.05) is 11.6 Å². The number of nitrogens with zero attached hydrogens (tertiary/aromatic N) is 4. The van der Waals surface area contributed by atoms with Gasteiger partial charge in [0, 0.05) is 20.1 Å². The molecule has 0 aromatic carbocycles. The minimum atomic E-state index is -3.66. The van der Waals surface area contributed by atoms with Crippen LogP contribution in [0.3, 0.4) is 0 Å². The molecule has 0 saturated carbocycles. The van der Waals surface area contributed by atoms with Crippen LogP contribution in [0.25, 0.3) is 0 Å². The second kappa shape index (κ2) is 5.67. The SMILES string of the molecule is Cn1ncc(C(N)=NO)c1NS(=O)(=O)N1CCCCC1. The summed E-state index contributed by atoms with van der Waals surface area (Å²) in [7, 11) is -2.09. The van der Waals surface area contributed by atoms with E-state index in [1.54, 1.807) is 7.05 Å². The summed E-state index contributed by atoms with van der Waals surface area (Å²) in [5.74, 6) is -0.0275. The molecule has 4 N–H and O–H groups in total. The summed E-state index contributed by atoms with van der Waals surface area (Å²) in [5, 5.41) is 15.5. The van der Waals surface area contributed by atoms with Crippen molar-refractivity contribution in [2.45, 2.75) is 19.3 Å². The van der Waals surface area contributed by atoms with E-state index in [9.17, 15) is 8.42 Å². The van der Waals surface area contributed by atoms with Gasteiger partial charge in [-0.15, -0.1) is 0 Å². The van der Waals surface area contributed by atoms with E-state index in [1.165, 1.54) is 15.2 Å². The van der Waals surface area contributed by atoms with Gasteiger partial charge in [-0.3, -0.25) is 9.40 Å². The largest absolute Gasteiger partial charge is 0.409 e. The molecule has 1 aromatic rings. The number of aromatic nitrogens is 2. The Morgan fingerprint density at radius 1 is 1.45 bits per heavy atom. The van der Waals surface area contributed by atoms with E-state index in [2.05, 4.69) is 15.0 Å². The van der Waals surface area contributed by atoms with Gasteiger partial charge in [-0.25, -0.2) is 0 Å². The van der Waals surface area contributed by atoms with Gasteiger partial charge in [0.1, 0.15) is 5.82 Å². The zero-order chi connectivity index (χ0) is 14.8. The highest BCUT2D eigenvalue weighted by molar-refractivity contribution is 7.90. The van der Waals surface area contributed by atoms with Crippen molar-refractivity contribution >= 4 is 21.9 Å². The average molecular weight is 302 g/mol. The molecule has 1 aliphatic heterocycles. The van der Waals surface area contributed by atoms with Crippen LogP contribution in [0.1, 0.15) is 24.8 Å². The van der Waals surface area contributed by atoms with Crippen LogP contribution in [-0.4, -0.2) is 46.6 Å². The lowest BCUT2D eigenvalue weighted by molar-refractivity contribution is 0.318. The van der Waals surface area contributed by atoms with Gasteiger partial charge in [-0.2, -0.15) is 17.8 Å². The topological polar surface area (TPSA) is 126 Å². The minimum absolute atomic E-state index is 0.172. The Hall–Kier alpha value is -1.81. The van der Waals surface area contributed by atoms with Crippen LogP contribution in [0.4, 0.5) is 5.82 Å². The number of nitrogens with two attached hydrogens (primary N) is 1. The zero-order valence-electron chi connectivity index (χ0n) is 11.2. The Labute approximate surface area is 117 Å². The summed E-state index contributed by atoms with van der Waals surface area (Å²) in [6, 6.07) is 0. The van der Waals surface area contributed by atoms with Crippen LogP contribution >= 0.6 is 0 Å². The van der Waals surface area contributed by atoms with Crippen molar-refractivity contribution in [3.05, 3.63) is 11.8 Å². The summed E-state index contributed by atoms with van der Waals surface area (Å²) < 4.78 is 29.8. The summed E-state index contributed by atoms with van der Waals surface area (Å²) in [6.07, 6.45) is 4.06. The van der Waals surface area contributed by atoms with Crippen molar-refractivity contribution < 1.29 is 13.6 Å². The lowest BCUT2D eigenvalue weighted by Gasteiger charge is -2.26. The van der Waals surface area contributed by atoms with E-state index in [0.717, 1.165) is 19.3 Å². The fourth-order valence-electron chi connectivity index (χ4n) is 2.09. The number of hydrogen-bond donors (Lipinski definition) is 3. The Balaban J connectivity index is 2.27. The Morgan fingerprint density at radius 2 is 2.10 bits per heavy atom. The first-order chi connectivity index (χ1) is 9.45. The number of anilines is 1. The molecule has 9 nitrogen and oxygen atoms in total. The summed E-state index contributed by atoms with van der Waals surface area (Å²) in [6.45, 7) is 0.984. The maximum atomic E-state index is 12.3. The predicted octanol–water partition coefficient (Wildman–Crippen LogP) is -0.343. The van der Waals surface area contributed by atoms with Gasteiger partial charge >= 0.3 is 10.2 Å². The molecular formula is C10H18N6O3S. The third-order valence-corrected chi connectivity index (χ3v) is 4.70. The molecule has 10 heteroatoms. The molecule has 2 rings (SSSR count). The highest BCUT2D eigenvalue weighted by Crippen LogP contribution is 2.19. The fourth-order valence-corrected chi connectivity index (χ4v) is 3.45. The average Bonchev–Trinajstić information content (AvgIpc) is 2.80. The van der Waals surface area contributed by atoms with Crippen molar-refractivity contribution in [1.29, 1.82) is 0 Å². The monoisotopic (exact) mass is 302 g/mol. The smallest absolute Gasteiger partial charge is 0.302 e. The number of rotatable bonds is 4. The highest BCUT2D eigenvalue weighted by Gasteiger charge is 2.26. The van der Waals surface area contributed by atoms with Crippen LogP contribution in [-0.2, 0) is 17.3 Å². The quantitative estimate of drug-likeness (QED) is 0.303. The molecule has 0 radical (unpaired) electrons. The number of aryl methyl sites for hydroxylation is 1. The molecule has 20 heavy (non-hydrogen) atoms. The van der Waals surface area contributed by atoms with Crippen LogP contribution in [0.5, 0.6) is 0 Å². The molecule has 1 saturated heterocycles. The molecule has 0 atom stereocenters. The van der Waals surface area contributed by atoms with E-state index in [1.807, 2.05) is 0 Å². The van der Waals surface area contributed by atoms with Gasteiger partial charge in [0.25, 0.3) is 0 Å². The molecule has 112 valence electrons. The second-order valence-electron chi connectivity index (χ2n) is 4.58. The molecule has 2 heterocycles. The van der Waals surface area contributed by atoms with Crippen LogP contribution < -0.4 is 10.5 Å². The predicted molar refractivity (Wildman–Crippen MR) is 73.7 cm³/mol. The molecule has 0 aliphatic carbocycles. The third kappa shape index (κ3) is 2.85. The summed E-state index contributed by atoms with van der Waals surface area (Å²) in [5.41, 5.74) is 5.74. The number of hydrogen-bond acceptors (Lipinski definition) is 5. The van der Waals surface area contributed by atoms with Crippen LogP contribution in [0.15, 0.2) is 11.4 Å². The summed E-state index contributed by atoms with van der Waals surface area (Å²) >= 11 is 0. The van der Waals surface area contributed by atoms with Crippen molar-refractivity contribution in [2.24, 2.45) is 17.9 Å². The van der Waals surface area contributed by atoms with E-state index < -0.39 is 10.2 Å². The molecular weight excluding hydrogens is 284 g/mol. The van der Waals surface area contributed by atoms with Crippen molar-refractivity contribution in [2.75, 3.05) is 17.8 Å². The molecule has 1 aliphatic rings. The maximum Gasteiger partial charge on any atom is 0.302 e. The molecule has 0 bridgehead atoms. The zero-order valence-corrected chi connectivity index (χ0v) is 12.0. The third-order valence-electron chi connectivity index (χ3n) is 3.20. The van der Waals surface area contributed by atoms with Gasteiger partial charge in [0.15, 0.2) is 5.84 Å². The standard InChI is InChI=1S/C10H18N6O3S/c1-15-10(8(7-12-15)9(11)13-17)14-20(18,19)16-5-3-2-4-6-16/h7,14,17H,2-6H2,1H3,(H2,11,13). The van der Waals surface area contributed by atoms with Crippen LogP contribution in [0, 0.1) is 0 Å². The van der Waals surface area contributed by atoms with Crippen molar-refractivity contribution in [1.82, 2.24) is 14.1 Å². The van der Waals surface area contributed by atoms with Crippen molar-refractivity contribution in [3.8, 4) is 0 Å². The Kier molecular flexibility index (Phi) is 4.14. The molecule has 0 unspecified atom stereocenters. The molecule has 1 aromatic heterocycles. The van der Waals surface area contributed by atoms with Gasteiger partial charge in [-0.05, 0) is 12.8 Å². The Bertz CT molecular complexity index is 603. The number of amidine groups is 1. The molecule has 1 fully saturated rings. The highest BCUT2D eigenvalue weighted by atomic mass is 32.2. The molecule has 0 spiro atoms. The van der Waals surface area contributed by atoms with E-state index in [0.29, 0.717) is 13.1 Å². The molecule has 0 amide bonds. The first kappa shape index (κ1) is 14.6. The second-order valence-corrected chi connectivity index (χ2v) is 6.25. The summed E-state index contributed by atoms with van der Waals surface area (Å²) in [4.78, 5) is 0. The van der Waals surface area contributed by atoms with E-state index >= 15 is 0 Å². The van der Waals surface area contributed by atoms with Crippen LogP contribution in [0.2, 0.25) is 0 Å². The number of nitrogens with one attached hydrogen (secondary N) is 1. The minimum Gasteiger partial charge on any atom is -0.409 e. The van der Waals surface area contributed by atoms with Gasteiger partial charge in [0.05, 0.1) is 11.8 Å². The van der Waals surface area contributed by atoms with Gasteiger partial charge < -0.3 is 10.9 Å². The van der Waals surface area contributed by atoms with Gasteiger partial charge in [0.2, 0.25) is 0 Å². The first-order valence-corrected chi connectivity index (χ1v) is 7.67. The maximum absolute atomic E-state index is 12.3. The van der Waals surface area contributed by atoms with E-state index in [4.69, 9.17) is 10.9 Å². The Morgan fingerprint density at radius 3 is 2.70 bits per heavy atom. The number of piperidine rings is 1. The van der Waals surface area contributed by atoms with E-state index in [-0.39, 0.29) is 17.2 Å². The lowest BCUT2D eigenvalue weighted by Crippen LogP contribution is -2.40. The fraction of sp³-hybridized carbons (Fsp3) is 0.600. The lowest BCUT2D eigenvalue weighted by atomic mass is 10.2. The van der Waals surface area contributed by atoms with Crippen molar-refractivity contribution in [3.63, 3.8) is 0 Å².